The predicted octanol–water partition coefficient (Wildman–Crippen LogP) is 3.61. The molecule has 1 unspecified atom stereocenters. The van der Waals surface area contributed by atoms with Crippen molar-refractivity contribution in [2.24, 2.45) is 4.99 Å². The highest BCUT2D eigenvalue weighted by atomic mass is 32.2. The third kappa shape index (κ3) is 4.32. The minimum Gasteiger partial charge on any atom is -0.326 e. The fraction of sp³-hybridized carbons (Fsp3) is 0.211. The van der Waals surface area contributed by atoms with E-state index in [1.54, 1.807) is 0 Å². The lowest BCUT2D eigenvalue weighted by Gasteiger charge is -2.08. The van der Waals surface area contributed by atoms with Gasteiger partial charge in [0.05, 0.1) is 5.04 Å². The molecule has 2 aromatic rings. The first-order valence-electron chi connectivity index (χ1n) is 7.78. The highest BCUT2D eigenvalue weighted by molar-refractivity contribution is 8.15. The molecule has 0 fully saturated rings. The Morgan fingerprint density at radius 2 is 1.83 bits per heavy atom. The number of para-hydroxylation sites is 1. The molecule has 2 aromatic carbocycles. The maximum atomic E-state index is 12.1. The van der Waals surface area contributed by atoms with E-state index in [1.165, 1.54) is 17.3 Å². The van der Waals surface area contributed by atoms with Crippen molar-refractivity contribution in [3.8, 4) is 0 Å². The molecule has 3 rings (SSSR count). The largest absolute Gasteiger partial charge is 0.326 e. The standard InChI is InChI=1S/C19H18N2O2S/c1-13-7-9-14(10-8-13)11-18-21-19(23)16(24-18)12-17(22)20-15-5-3-2-4-6-15/h2-10,16H,11-12H2,1H3,(H,20,22). The number of thioether (sulfide) groups is 1. The van der Waals surface area contributed by atoms with Crippen LogP contribution in [0.15, 0.2) is 59.6 Å². The average Bonchev–Trinajstić information content (AvgIpc) is 2.90. The van der Waals surface area contributed by atoms with Gasteiger partial charge in [-0.3, -0.25) is 9.59 Å². The van der Waals surface area contributed by atoms with Crippen molar-refractivity contribution < 1.29 is 9.59 Å². The van der Waals surface area contributed by atoms with Gasteiger partial charge in [0.25, 0.3) is 5.91 Å². The Labute approximate surface area is 145 Å². The molecular weight excluding hydrogens is 320 g/mol. The molecule has 0 saturated carbocycles. The van der Waals surface area contributed by atoms with Crippen molar-refractivity contribution in [3.63, 3.8) is 0 Å². The number of hydrogen-bond acceptors (Lipinski definition) is 3. The number of nitrogens with zero attached hydrogens (tertiary/aromatic N) is 1. The van der Waals surface area contributed by atoms with Crippen LogP contribution in [-0.4, -0.2) is 22.1 Å². The van der Waals surface area contributed by atoms with Crippen LogP contribution in [0.5, 0.6) is 0 Å². The molecule has 5 heteroatoms. The van der Waals surface area contributed by atoms with Crippen LogP contribution in [0.1, 0.15) is 17.5 Å². The molecular formula is C19H18N2O2S. The number of carbonyl (C=O) groups excluding carboxylic acids is 2. The molecule has 1 N–H and O–H groups in total. The average molecular weight is 338 g/mol. The first kappa shape index (κ1) is 16.5. The van der Waals surface area contributed by atoms with Crippen LogP contribution in [-0.2, 0) is 16.0 Å². The monoisotopic (exact) mass is 338 g/mol. The van der Waals surface area contributed by atoms with Gasteiger partial charge in [-0.1, -0.05) is 59.8 Å². The summed E-state index contributed by atoms with van der Waals surface area (Å²) >= 11 is 1.40. The minimum absolute atomic E-state index is 0.138. The summed E-state index contributed by atoms with van der Waals surface area (Å²) in [5.41, 5.74) is 3.05. The maximum Gasteiger partial charge on any atom is 0.260 e. The summed E-state index contributed by atoms with van der Waals surface area (Å²) in [6.07, 6.45) is 0.771. The van der Waals surface area contributed by atoms with Gasteiger partial charge in [0.15, 0.2) is 0 Å². The third-order valence-corrected chi connectivity index (χ3v) is 4.85. The second kappa shape index (κ2) is 7.45. The van der Waals surface area contributed by atoms with Crippen LogP contribution in [0.4, 0.5) is 5.69 Å². The number of benzene rings is 2. The maximum absolute atomic E-state index is 12.1. The molecule has 1 heterocycles. The van der Waals surface area contributed by atoms with Crippen molar-refractivity contribution in [2.45, 2.75) is 25.0 Å². The van der Waals surface area contributed by atoms with Crippen molar-refractivity contribution >= 4 is 34.3 Å². The van der Waals surface area contributed by atoms with Crippen LogP contribution in [0.25, 0.3) is 0 Å². The number of nitrogens with one attached hydrogen (secondary N) is 1. The van der Waals surface area contributed by atoms with Gasteiger partial charge >= 0.3 is 0 Å². The molecule has 0 spiro atoms. The highest BCUT2D eigenvalue weighted by Crippen LogP contribution is 2.27. The van der Waals surface area contributed by atoms with Gasteiger partial charge in [-0.05, 0) is 24.6 Å². The molecule has 0 bridgehead atoms. The Hall–Kier alpha value is -2.40. The van der Waals surface area contributed by atoms with Crippen LogP contribution in [0, 0.1) is 6.92 Å². The van der Waals surface area contributed by atoms with E-state index in [1.807, 2.05) is 61.5 Å². The predicted molar refractivity (Wildman–Crippen MR) is 98.4 cm³/mol. The quantitative estimate of drug-likeness (QED) is 0.906. The number of aryl methyl sites for hydroxylation is 1. The minimum atomic E-state index is -0.422. The SMILES string of the molecule is Cc1ccc(CC2=NC(=O)C(CC(=O)Nc3ccccc3)S2)cc1. The molecule has 1 aliphatic rings. The first-order valence-corrected chi connectivity index (χ1v) is 8.66. The van der Waals surface area contributed by atoms with Gasteiger partial charge in [0, 0.05) is 18.5 Å². The van der Waals surface area contributed by atoms with Gasteiger partial charge in [0.2, 0.25) is 5.91 Å². The summed E-state index contributed by atoms with van der Waals surface area (Å²) in [7, 11) is 0. The number of aliphatic imine (C=N–C) groups is 1. The van der Waals surface area contributed by atoms with Crippen LogP contribution >= 0.6 is 11.8 Å². The summed E-state index contributed by atoms with van der Waals surface area (Å²) in [6, 6.07) is 17.4. The Morgan fingerprint density at radius 1 is 1.12 bits per heavy atom. The van der Waals surface area contributed by atoms with Gasteiger partial charge in [-0.25, -0.2) is 4.99 Å². The number of rotatable bonds is 5. The number of anilines is 1. The van der Waals surface area contributed by atoms with Crippen LogP contribution < -0.4 is 5.32 Å². The van der Waals surface area contributed by atoms with E-state index in [0.717, 1.165) is 16.3 Å². The molecule has 4 nitrogen and oxygen atoms in total. The van der Waals surface area contributed by atoms with Crippen LogP contribution in [0.3, 0.4) is 0 Å². The van der Waals surface area contributed by atoms with Crippen molar-refractivity contribution in [1.29, 1.82) is 0 Å². The van der Waals surface area contributed by atoms with Gasteiger partial charge in [-0.2, -0.15) is 0 Å². The van der Waals surface area contributed by atoms with Crippen molar-refractivity contribution in [3.05, 3.63) is 65.7 Å². The zero-order valence-electron chi connectivity index (χ0n) is 13.4. The topological polar surface area (TPSA) is 58.5 Å². The smallest absolute Gasteiger partial charge is 0.260 e. The van der Waals surface area contributed by atoms with Crippen molar-refractivity contribution in [1.82, 2.24) is 0 Å². The molecule has 24 heavy (non-hydrogen) atoms. The van der Waals surface area contributed by atoms with Gasteiger partial charge < -0.3 is 5.32 Å². The van der Waals surface area contributed by atoms with Gasteiger partial charge in [-0.15, -0.1) is 0 Å². The molecule has 1 aliphatic heterocycles. The molecule has 122 valence electrons. The summed E-state index contributed by atoms with van der Waals surface area (Å²) in [4.78, 5) is 28.2. The van der Waals surface area contributed by atoms with E-state index >= 15 is 0 Å². The third-order valence-electron chi connectivity index (χ3n) is 3.69. The van der Waals surface area contributed by atoms with Gasteiger partial charge in [0.1, 0.15) is 5.25 Å². The number of amides is 2. The fourth-order valence-corrected chi connectivity index (χ4v) is 3.54. The van der Waals surface area contributed by atoms with E-state index in [4.69, 9.17) is 0 Å². The lowest BCUT2D eigenvalue weighted by atomic mass is 10.1. The molecule has 1 atom stereocenters. The Morgan fingerprint density at radius 3 is 2.54 bits per heavy atom. The number of hydrogen-bond donors (Lipinski definition) is 1. The van der Waals surface area contributed by atoms with Crippen LogP contribution in [0.2, 0.25) is 0 Å². The van der Waals surface area contributed by atoms with E-state index in [2.05, 4.69) is 10.3 Å². The highest BCUT2D eigenvalue weighted by Gasteiger charge is 2.30. The molecule has 0 aromatic heterocycles. The zero-order chi connectivity index (χ0) is 16.9. The zero-order valence-corrected chi connectivity index (χ0v) is 14.2. The molecule has 0 saturated heterocycles. The molecule has 0 aliphatic carbocycles. The fourth-order valence-electron chi connectivity index (χ4n) is 2.43. The lowest BCUT2D eigenvalue weighted by molar-refractivity contribution is -0.121. The summed E-state index contributed by atoms with van der Waals surface area (Å²) in [6.45, 7) is 2.04. The first-order chi connectivity index (χ1) is 11.6. The van der Waals surface area contributed by atoms with Crippen molar-refractivity contribution in [2.75, 3.05) is 5.32 Å². The summed E-state index contributed by atoms with van der Waals surface area (Å²) in [5.74, 6) is -0.385. The summed E-state index contributed by atoms with van der Waals surface area (Å²) in [5, 5.41) is 3.16. The summed E-state index contributed by atoms with van der Waals surface area (Å²) < 4.78 is 0. The normalized spacial score (nSPS) is 16.8. The van der Waals surface area contributed by atoms with E-state index in [0.29, 0.717) is 6.42 Å². The Kier molecular flexibility index (Phi) is 5.11. The second-order valence-corrected chi connectivity index (χ2v) is 7.01. The lowest BCUT2D eigenvalue weighted by Crippen LogP contribution is -2.21. The van der Waals surface area contributed by atoms with E-state index in [9.17, 15) is 9.59 Å². The Bertz CT molecular complexity index is 770. The molecule has 2 amide bonds. The van der Waals surface area contributed by atoms with E-state index < -0.39 is 5.25 Å². The Balaban J connectivity index is 1.54. The molecule has 0 radical (unpaired) electrons. The second-order valence-electron chi connectivity index (χ2n) is 5.73. The van der Waals surface area contributed by atoms with E-state index in [-0.39, 0.29) is 18.2 Å². The number of carbonyl (C=O) groups is 2.